The quantitative estimate of drug-likeness (QED) is 0.833. The molecule has 16 heavy (non-hydrogen) atoms. The minimum atomic E-state index is -1.34. The van der Waals surface area contributed by atoms with Gasteiger partial charge in [-0.15, -0.1) is 0 Å². The first-order valence-electron chi connectivity index (χ1n) is 5.58. The Morgan fingerprint density at radius 2 is 2.19 bits per heavy atom. The van der Waals surface area contributed by atoms with Crippen LogP contribution >= 0.6 is 0 Å². The number of aromatic nitrogens is 2. The largest absolute Gasteiger partial charge is 0.493 e. The molecule has 1 fully saturated rings. The fourth-order valence-electron chi connectivity index (χ4n) is 2.41. The summed E-state index contributed by atoms with van der Waals surface area (Å²) in [4.78, 5) is 0. The van der Waals surface area contributed by atoms with Crippen molar-refractivity contribution in [3.8, 4) is 5.75 Å². The van der Waals surface area contributed by atoms with Crippen molar-refractivity contribution in [2.24, 2.45) is 12.8 Å². The first kappa shape index (κ1) is 11.4. The van der Waals surface area contributed by atoms with Crippen LogP contribution in [-0.4, -0.2) is 22.9 Å². The summed E-state index contributed by atoms with van der Waals surface area (Å²) in [6.07, 6.45) is 3.88. The second kappa shape index (κ2) is 4.05. The zero-order chi connectivity index (χ0) is 11.8. The molecule has 0 unspecified atom stereocenters. The van der Waals surface area contributed by atoms with Gasteiger partial charge in [-0.1, -0.05) is 0 Å². The zero-order valence-electron chi connectivity index (χ0n) is 9.74. The molecule has 1 aromatic heterocycles. The summed E-state index contributed by atoms with van der Waals surface area (Å²) < 4.78 is 21.5. The van der Waals surface area contributed by atoms with E-state index < -0.39 is 5.67 Å². The molecule has 0 atom stereocenters. The van der Waals surface area contributed by atoms with Crippen LogP contribution in [0.2, 0.25) is 0 Å². The van der Waals surface area contributed by atoms with E-state index in [9.17, 15) is 4.39 Å². The van der Waals surface area contributed by atoms with E-state index in [0.717, 1.165) is 0 Å². The van der Waals surface area contributed by atoms with Crippen LogP contribution < -0.4 is 10.5 Å². The third kappa shape index (κ3) is 1.80. The van der Waals surface area contributed by atoms with E-state index in [1.807, 2.05) is 0 Å². The molecular formula is C11H18FN3O. The maximum atomic E-state index is 14.8. The van der Waals surface area contributed by atoms with Gasteiger partial charge in [0, 0.05) is 13.1 Å². The highest BCUT2D eigenvalue weighted by Gasteiger charge is 2.40. The van der Waals surface area contributed by atoms with E-state index in [1.54, 1.807) is 25.0 Å². The van der Waals surface area contributed by atoms with Crippen LogP contribution in [0.3, 0.4) is 0 Å². The molecule has 1 heterocycles. The average Bonchev–Trinajstić information content (AvgIpc) is 2.65. The van der Waals surface area contributed by atoms with Gasteiger partial charge in [-0.05, 0) is 25.7 Å². The molecule has 1 aliphatic rings. The maximum Gasteiger partial charge on any atom is 0.163 e. The predicted molar refractivity (Wildman–Crippen MR) is 59.0 cm³/mol. The number of aryl methyl sites for hydroxylation is 1. The van der Waals surface area contributed by atoms with Crippen molar-refractivity contribution in [3.63, 3.8) is 0 Å². The first-order valence-corrected chi connectivity index (χ1v) is 5.58. The molecule has 1 saturated carbocycles. The summed E-state index contributed by atoms with van der Waals surface area (Å²) in [5.74, 6) is 0.528. The van der Waals surface area contributed by atoms with E-state index in [0.29, 0.717) is 37.1 Å². The molecule has 0 spiro atoms. The summed E-state index contributed by atoms with van der Waals surface area (Å²) >= 11 is 0. The molecular weight excluding hydrogens is 209 g/mol. The van der Waals surface area contributed by atoms with Gasteiger partial charge in [0.05, 0.1) is 13.3 Å². The molecule has 0 radical (unpaired) electrons. The first-order chi connectivity index (χ1) is 7.57. The van der Waals surface area contributed by atoms with Gasteiger partial charge in [0.1, 0.15) is 5.69 Å². The molecule has 90 valence electrons. The third-order valence-electron chi connectivity index (χ3n) is 3.37. The van der Waals surface area contributed by atoms with E-state index in [2.05, 4.69) is 5.10 Å². The molecule has 0 saturated heterocycles. The number of methoxy groups -OCH3 is 1. The molecule has 0 bridgehead atoms. The van der Waals surface area contributed by atoms with Crippen molar-refractivity contribution >= 4 is 0 Å². The monoisotopic (exact) mass is 227 g/mol. The maximum absolute atomic E-state index is 14.8. The lowest BCUT2D eigenvalue weighted by atomic mass is 9.81. The number of rotatable bonds is 2. The Labute approximate surface area is 94.6 Å². The van der Waals surface area contributed by atoms with Gasteiger partial charge < -0.3 is 10.5 Å². The molecule has 2 N–H and O–H groups in total. The third-order valence-corrected chi connectivity index (χ3v) is 3.37. The Hall–Kier alpha value is -1.10. The lowest BCUT2D eigenvalue weighted by Crippen LogP contribution is -2.35. The highest BCUT2D eigenvalue weighted by Crippen LogP contribution is 2.43. The van der Waals surface area contributed by atoms with E-state index in [-0.39, 0.29) is 6.04 Å². The van der Waals surface area contributed by atoms with Crippen LogP contribution in [0, 0.1) is 0 Å². The van der Waals surface area contributed by atoms with E-state index in [4.69, 9.17) is 10.5 Å². The van der Waals surface area contributed by atoms with Gasteiger partial charge in [-0.3, -0.25) is 4.68 Å². The van der Waals surface area contributed by atoms with E-state index >= 15 is 0 Å². The van der Waals surface area contributed by atoms with Crippen molar-refractivity contribution in [1.82, 2.24) is 9.78 Å². The minimum absolute atomic E-state index is 0.128. The number of hydrogen-bond acceptors (Lipinski definition) is 3. The molecule has 0 amide bonds. The fraction of sp³-hybridized carbons (Fsp3) is 0.727. The Morgan fingerprint density at radius 1 is 1.56 bits per heavy atom. The lowest BCUT2D eigenvalue weighted by molar-refractivity contribution is 0.0851. The number of halogens is 1. The van der Waals surface area contributed by atoms with Gasteiger partial charge in [0.2, 0.25) is 0 Å². The van der Waals surface area contributed by atoms with Crippen LogP contribution in [-0.2, 0) is 12.7 Å². The zero-order valence-corrected chi connectivity index (χ0v) is 9.74. The highest BCUT2D eigenvalue weighted by molar-refractivity contribution is 5.31. The normalized spacial score (nSPS) is 30.4. The molecule has 2 rings (SSSR count). The topological polar surface area (TPSA) is 53.1 Å². The second-order valence-electron chi connectivity index (χ2n) is 4.49. The fourth-order valence-corrected chi connectivity index (χ4v) is 2.41. The van der Waals surface area contributed by atoms with Gasteiger partial charge in [0.15, 0.2) is 11.4 Å². The van der Waals surface area contributed by atoms with Crippen LogP contribution in [0.15, 0.2) is 6.20 Å². The number of nitrogens with two attached hydrogens (primary N) is 1. The van der Waals surface area contributed by atoms with Crippen molar-refractivity contribution in [2.75, 3.05) is 7.11 Å². The Bertz CT molecular complexity index is 369. The number of nitrogens with zero attached hydrogens (tertiary/aromatic N) is 2. The smallest absolute Gasteiger partial charge is 0.163 e. The van der Waals surface area contributed by atoms with E-state index in [1.165, 1.54) is 0 Å². The molecule has 1 aromatic rings. The van der Waals surface area contributed by atoms with Crippen molar-refractivity contribution in [3.05, 3.63) is 11.9 Å². The van der Waals surface area contributed by atoms with Crippen molar-refractivity contribution < 1.29 is 9.13 Å². The summed E-state index contributed by atoms with van der Waals surface area (Å²) in [6.45, 7) is 0. The van der Waals surface area contributed by atoms with Crippen LogP contribution in [0.5, 0.6) is 5.75 Å². The summed E-state index contributed by atoms with van der Waals surface area (Å²) in [6, 6.07) is 0.128. The molecule has 1 aliphatic carbocycles. The highest BCUT2D eigenvalue weighted by atomic mass is 19.1. The predicted octanol–water partition coefficient (Wildman–Crippen LogP) is 1.49. The summed E-state index contributed by atoms with van der Waals surface area (Å²) in [5, 5.41) is 4.05. The van der Waals surface area contributed by atoms with Crippen molar-refractivity contribution in [1.29, 1.82) is 0 Å². The number of hydrogen-bond donors (Lipinski definition) is 1. The number of alkyl halides is 1. The summed E-state index contributed by atoms with van der Waals surface area (Å²) in [5.41, 5.74) is 5.00. The van der Waals surface area contributed by atoms with Gasteiger partial charge in [-0.2, -0.15) is 5.10 Å². The van der Waals surface area contributed by atoms with Crippen molar-refractivity contribution in [2.45, 2.75) is 37.4 Å². The van der Waals surface area contributed by atoms with Gasteiger partial charge >= 0.3 is 0 Å². The molecule has 5 heteroatoms. The number of ether oxygens (including phenoxy) is 1. The molecule has 0 aromatic carbocycles. The second-order valence-corrected chi connectivity index (χ2v) is 4.49. The molecule has 4 nitrogen and oxygen atoms in total. The van der Waals surface area contributed by atoms with Crippen LogP contribution in [0.25, 0.3) is 0 Å². The standard InChI is InChI=1S/C11H18FN3O/c1-15-10(9(16-2)7-14-15)11(12)5-3-8(13)4-6-11/h7-8H,3-6,13H2,1-2H3. The summed E-state index contributed by atoms with van der Waals surface area (Å²) in [7, 11) is 3.28. The van der Waals surface area contributed by atoms with Crippen LogP contribution in [0.1, 0.15) is 31.4 Å². The van der Waals surface area contributed by atoms with Crippen LogP contribution in [0.4, 0.5) is 4.39 Å². The Balaban J connectivity index is 2.31. The Morgan fingerprint density at radius 3 is 2.75 bits per heavy atom. The molecule has 0 aliphatic heterocycles. The van der Waals surface area contributed by atoms with Gasteiger partial charge in [0.25, 0.3) is 0 Å². The Kier molecular flexibility index (Phi) is 2.88. The van der Waals surface area contributed by atoms with Gasteiger partial charge in [-0.25, -0.2) is 4.39 Å². The minimum Gasteiger partial charge on any atom is -0.493 e. The SMILES string of the molecule is COc1cnn(C)c1C1(F)CCC(N)CC1. The lowest BCUT2D eigenvalue weighted by Gasteiger charge is -2.32. The average molecular weight is 227 g/mol.